The van der Waals surface area contributed by atoms with Crippen LogP contribution in [0.25, 0.3) is 11.1 Å². The molecule has 2 aromatic rings. The van der Waals surface area contributed by atoms with Crippen LogP contribution in [0.1, 0.15) is 19.8 Å². The molecule has 2 aromatic carbocycles. The van der Waals surface area contributed by atoms with E-state index >= 15 is 0 Å². The fourth-order valence-electron chi connectivity index (χ4n) is 3.02. The van der Waals surface area contributed by atoms with E-state index in [-0.39, 0.29) is 17.8 Å². The molecule has 1 saturated heterocycles. The van der Waals surface area contributed by atoms with Gasteiger partial charge in [-0.05, 0) is 54.6 Å². The Kier molecular flexibility index (Phi) is 6.63. The zero-order valence-corrected chi connectivity index (χ0v) is 16.0. The molecule has 0 bridgehead atoms. The van der Waals surface area contributed by atoms with Crippen molar-refractivity contribution >= 4 is 22.4 Å². The first-order valence-electron chi connectivity index (χ1n) is 8.34. The van der Waals surface area contributed by atoms with Crippen molar-refractivity contribution in [2.45, 2.75) is 24.7 Å². The van der Waals surface area contributed by atoms with Crippen molar-refractivity contribution in [2.75, 3.05) is 19.6 Å². The van der Waals surface area contributed by atoms with Gasteiger partial charge in [-0.1, -0.05) is 49.4 Å². The van der Waals surface area contributed by atoms with Crippen LogP contribution in [0.15, 0.2) is 59.5 Å². The molecule has 6 heteroatoms. The average molecular weight is 381 g/mol. The number of rotatable bonds is 5. The molecule has 1 fully saturated rings. The molecule has 0 saturated carbocycles. The van der Waals surface area contributed by atoms with Gasteiger partial charge >= 0.3 is 0 Å². The molecule has 0 unspecified atom stereocenters. The summed E-state index contributed by atoms with van der Waals surface area (Å²) in [4.78, 5) is 0.319. The third kappa shape index (κ3) is 5.05. The summed E-state index contributed by atoms with van der Waals surface area (Å²) in [6.45, 7) is 4.53. The highest BCUT2D eigenvalue weighted by Crippen LogP contribution is 2.27. The van der Waals surface area contributed by atoms with Gasteiger partial charge in [0, 0.05) is 6.54 Å². The Morgan fingerprint density at radius 3 is 2.12 bits per heavy atom. The molecule has 0 aromatic heterocycles. The second-order valence-corrected chi connectivity index (χ2v) is 8.54. The van der Waals surface area contributed by atoms with E-state index in [0.717, 1.165) is 37.1 Å². The number of hydrogen-bond donors (Lipinski definition) is 2. The van der Waals surface area contributed by atoms with Gasteiger partial charge in [0.15, 0.2) is 0 Å². The fraction of sp³-hybridized carbons (Fsp3) is 0.368. The first-order chi connectivity index (χ1) is 11.5. The maximum absolute atomic E-state index is 12.5. The first-order valence-corrected chi connectivity index (χ1v) is 9.83. The third-order valence-electron chi connectivity index (χ3n) is 4.77. The lowest BCUT2D eigenvalue weighted by molar-refractivity contribution is 0.232. The van der Waals surface area contributed by atoms with Gasteiger partial charge in [0.1, 0.15) is 0 Å². The van der Waals surface area contributed by atoms with E-state index in [1.54, 1.807) is 12.1 Å². The molecule has 1 heterocycles. The predicted molar refractivity (Wildman–Crippen MR) is 105 cm³/mol. The lowest BCUT2D eigenvalue weighted by Crippen LogP contribution is -2.42. The van der Waals surface area contributed by atoms with Crippen molar-refractivity contribution in [1.29, 1.82) is 0 Å². The Hall–Kier alpha value is -1.40. The minimum absolute atomic E-state index is 0. The van der Waals surface area contributed by atoms with Crippen molar-refractivity contribution in [3.63, 3.8) is 0 Å². The zero-order valence-electron chi connectivity index (χ0n) is 14.4. The lowest BCUT2D eigenvalue weighted by Gasteiger charge is -2.34. The highest BCUT2D eigenvalue weighted by Gasteiger charge is 2.28. The van der Waals surface area contributed by atoms with Crippen LogP contribution in [0.4, 0.5) is 0 Å². The topological polar surface area (TPSA) is 58.2 Å². The molecular weight excluding hydrogens is 356 g/mol. The highest BCUT2D eigenvalue weighted by atomic mass is 35.5. The van der Waals surface area contributed by atoms with Gasteiger partial charge < -0.3 is 5.32 Å². The van der Waals surface area contributed by atoms with E-state index in [2.05, 4.69) is 17.0 Å². The summed E-state index contributed by atoms with van der Waals surface area (Å²) in [7, 11) is -3.47. The van der Waals surface area contributed by atoms with Crippen molar-refractivity contribution in [1.82, 2.24) is 10.0 Å². The Balaban J connectivity index is 0.00000225. The smallest absolute Gasteiger partial charge is 0.240 e. The van der Waals surface area contributed by atoms with Gasteiger partial charge in [0.2, 0.25) is 10.0 Å². The summed E-state index contributed by atoms with van der Waals surface area (Å²) >= 11 is 0. The number of sulfonamides is 1. The maximum Gasteiger partial charge on any atom is 0.240 e. The Morgan fingerprint density at radius 2 is 1.52 bits per heavy atom. The molecule has 1 aliphatic rings. The molecule has 0 atom stereocenters. The first kappa shape index (κ1) is 19.9. The van der Waals surface area contributed by atoms with Crippen LogP contribution in [0, 0.1) is 5.41 Å². The highest BCUT2D eigenvalue weighted by molar-refractivity contribution is 7.89. The molecule has 0 aliphatic carbocycles. The Labute approximate surface area is 156 Å². The van der Waals surface area contributed by atoms with Crippen LogP contribution in [0.2, 0.25) is 0 Å². The van der Waals surface area contributed by atoms with Crippen molar-refractivity contribution < 1.29 is 8.42 Å². The van der Waals surface area contributed by atoms with Crippen LogP contribution in [-0.2, 0) is 10.0 Å². The van der Waals surface area contributed by atoms with Crippen LogP contribution < -0.4 is 10.0 Å². The minimum Gasteiger partial charge on any atom is -0.317 e. The van der Waals surface area contributed by atoms with Gasteiger partial charge in [-0.25, -0.2) is 13.1 Å². The van der Waals surface area contributed by atoms with Gasteiger partial charge in [-0.2, -0.15) is 0 Å². The minimum atomic E-state index is -3.47. The van der Waals surface area contributed by atoms with E-state index in [4.69, 9.17) is 0 Å². The summed E-state index contributed by atoms with van der Waals surface area (Å²) in [5.74, 6) is 0. The number of nitrogens with one attached hydrogen (secondary N) is 2. The third-order valence-corrected chi connectivity index (χ3v) is 6.19. The Bertz CT molecular complexity index is 771. The van der Waals surface area contributed by atoms with Gasteiger partial charge in [0.05, 0.1) is 4.90 Å². The number of hydrogen-bond acceptors (Lipinski definition) is 3. The van der Waals surface area contributed by atoms with E-state index in [1.165, 1.54) is 0 Å². The molecule has 25 heavy (non-hydrogen) atoms. The molecule has 0 radical (unpaired) electrons. The quantitative estimate of drug-likeness (QED) is 0.835. The Morgan fingerprint density at radius 1 is 0.960 bits per heavy atom. The maximum atomic E-state index is 12.5. The second kappa shape index (κ2) is 8.32. The number of benzene rings is 2. The van der Waals surface area contributed by atoms with Gasteiger partial charge in [-0.15, -0.1) is 12.4 Å². The molecule has 2 N–H and O–H groups in total. The summed E-state index contributed by atoms with van der Waals surface area (Å²) in [5, 5.41) is 3.31. The summed E-state index contributed by atoms with van der Waals surface area (Å²) in [6, 6.07) is 17.0. The summed E-state index contributed by atoms with van der Waals surface area (Å²) in [5.41, 5.74) is 2.12. The monoisotopic (exact) mass is 380 g/mol. The molecule has 0 amide bonds. The van der Waals surface area contributed by atoms with Gasteiger partial charge in [0.25, 0.3) is 0 Å². The van der Waals surface area contributed by atoms with Crippen LogP contribution in [0.5, 0.6) is 0 Å². The molecule has 3 rings (SSSR count). The van der Waals surface area contributed by atoms with Crippen molar-refractivity contribution in [2.24, 2.45) is 5.41 Å². The number of piperidine rings is 1. The van der Waals surface area contributed by atoms with Crippen LogP contribution >= 0.6 is 12.4 Å². The molecule has 4 nitrogen and oxygen atoms in total. The number of halogens is 1. The van der Waals surface area contributed by atoms with E-state index in [1.807, 2.05) is 42.5 Å². The summed E-state index contributed by atoms with van der Waals surface area (Å²) in [6.07, 6.45) is 1.98. The molecule has 136 valence electrons. The second-order valence-electron chi connectivity index (χ2n) is 6.78. The molecular formula is C19H25ClN2O2S. The van der Waals surface area contributed by atoms with Crippen molar-refractivity contribution in [3.8, 4) is 11.1 Å². The largest absolute Gasteiger partial charge is 0.317 e. The zero-order chi connectivity index (χ0) is 17.0. The SMILES string of the molecule is CC1(CNS(=O)(=O)c2ccc(-c3ccccc3)cc2)CCNCC1.Cl. The fourth-order valence-corrected chi connectivity index (χ4v) is 4.22. The molecule has 1 aliphatic heterocycles. The van der Waals surface area contributed by atoms with Crippen molar-refractivity contribution in [3.05, 3.63) is 54.6 Å². The normalized spacial score (nSPS) is 16.8. The lowest BCUT2D eigenvalue weighted by atomic mass is 9.81. The summed E-state index contributed by atoms with van der Waals surface area (Å²) < 4.78 is 27.9. The van der Waals surface area contributed by atoms with Gasteiger partial charge in [-0.3, -0.25) is 0 Å². The predicted octanol–water partition coefficient (Wildman–Crippen LogP) is 3.44. The molecule has 0 spiro atoms. The van der Waals surface area contributed by atoms with Crippen LogP contribution in [0.3, 0.4) is 0 Å². The standard InChI is InChI=1S/C19H24N2O2S.ClH/c1-19(11-13-20-14-12-19)15-21-24(22,23)18-9-7-17(8-10-18)16-5-3-2-4-6-16;/h2-10,20-21H,11-15H2,1H3;1H. The van der Waals surface area contributed by atoms with E-state index in [0.29, 0.717) is 11.4 Å². The van der Waals surface area contributed by atoms with E-state index < -0.39 is 10.0 Å². The average Bonchev–Trinajstić information content (AvgIpc) is 2.62. The van der Waals surface area contributed by atoms with E-state index in [9.17, 15) is 8.42 Å². The van der Waals surface area contributed by atoms with Crippen LogP contribution in [-0.4, -0.2) is 28.1 Å².